The number of nitrogens with zero attached hydrogens (tertiary/aromatic N) is 2. The summed E-state index contributed by atoms with van der Waals surface area (Å²) in [5.41, 5.74) is -0.254. The first-order valence-corrected chi connectivity index (χ1v) is 9.97. The predicted octanol–water partition coefficient (Wildman–Crippen LogP) is 4.10. The molecule has 2 fully saturated rings. The van der Waals surface area contributed by atoms with Gasteiger partial charge in [-0.2, -0.15) is 13.2 Å². The number of carbonyl (C=O) groups excluding carboxylic acids is 2. The Morgan fingerprint density at radius 1 is 1.10 bits per heavy atom. The van der Waals surface area contributed by atoms with E-state index in [4.69, 9.17) is 9.47 Å². The molecule has 6 nitrogen and oxygen atoms in total. The summed E-state index contributed by atoms with van der Waals surface area (Å²) in [4.78, 5) is 30.6. The molecule has 1 aromatic carbocycles. The van der Waals surface area contributed by atoms with Crippen LogP contribution in [0.5, 0.6) is 0 Å². The van der Waals surface area contributed by atoms with Gasteiger partial charge in [0.05, 0.1) is 25.3 Å². The number of fused-ring (bicyclic) bond motifs is 2. The zero-order valence-corrected chi connectivity index (χ0v) is 16.5. The molecule has 2 saturated heterocycles. The lowest BCUT2D eigenvalue weighted by Gasteiger charge is -2.47. The summed E-state index contributed by atoms with van der Waals surface area (Å²) in [6.45, 7) is 0.645. The van der Waals surface area contributed by atoms with Crippen molar-refractivity contribution in [2.75, 3.05) is 13.2 Å². The van der Waals surface area contributed by atoms with Crippen LogP contribution < -0.4 is 0 Å². The standard InChI is InChI=1S/C22H21F3N2O4/c23-22(24,25)19-10-15(6-7-26-19)20(28)16-8-17-12-30-13-18(9-16)27(17)21(29)31-11-14-4-2-1-3-5-14/h1-7,10,16-18H,8-9,11-13H2. The Balaban J connectivity index is 1.44. The highest BCUT2D eigenvalue weighted by molar-refractivity contribution is 5.98. The van der Waals surface area contributed by atoms with E-state index in [1.54, 1.807) is 4.90 Å². The average molecular weight is 434 g/mol. The van der Waals surface area contributed by atoms with Crippen LogP contribution in [0.3, 0.4) is 0 Å². The second-order valence-corrected chi connectivity index (χ2v) is 7.75. The molecule has 2 atom stereocenters. The van der Waals surface area contributed by atoms with Crippen molar-refractivity contribution in [3.63, 3.8) is 0 Å². The lowest BCUT2D eigenvalue weighted by molar-refractivity contribution is -0.141. The van der Waals surface area contributed by atoms with Gasteiger partial charge in [0.15, 0.2) is 5.78 Å². The summed E-state index contributed by atoms with van der Waals surface area (Å²) < 4.78 is 49.9. The number of aromatic nitrogens is 1. The van der Waals surface area contributed by atoms with Gasteiger partial charge in [0, 0.05) is 17.7 Å². The molecular weight excluding hydrogens is 413 g/mol. The van der Waals surface area contributed by atoms with Gasteiger partial charge in [-0.25, -0.2) is 4.79 Å². The molecule has 4 rings (SSSR count). The third kappa shape index (κ3) is 4.71. The molecule has 0 N–H and O–H groups in total. The van der Waals surface area contributed by atoms with Gasteiger partial charge in [0.2, 0.25) is 0 Å². The molecule has 1 aromatic heterocycles. The van der Waals surface area contributed by atoms with Crippen LogP contribution >= 0.6 is 0 Å². The Labute approximate surface area is 177 Å². The molecule has 0 radical (unpaired) electrons. The number of ether oxygens (including phenoxy) is 2. The molecule has 2 aliphatic heterocycles. The maximum absolute atomic E-state index is 12.9. The number of Topliss-reactive ketones (excluding diaryl/α,β-unsaturated/α-hetero) is 1. The van der Waals surface area contributed by atoms with Crippen molar-refractivity contribution < 1.29 is 32.2 Å². The van der Waals surface area contributed by atoms with Crippen LogP contribution in [0.15, 0.2) is 48.7 Å². The zero-order chi connectivity index (χ0) is 22.0. The van der Waals surface area contributed by atoms with E-state index < -0.39 is 23.9 Å². The van der Waals surface area contributed by atoms with Gasteiger partial charge in [0.1, 0.15) is 12.3 Å². The summed E-state index contributed by atoms with van der Waals surface area (Å²) in [6.07, 6.45) is -3.49. The number of ketones is 1. The van der Waals surface area contributed by atoms with E-state index >= 15 is 0 Å². The van der Waals surface area contributed by atoms with E-state index in [2.05, 4.69) is 4.98 Å². The molecule has 2 aromatic rings. The number of pyridine rings is 1. The van der Waals surface area contributed by atoms with E-state index in [1.165, 1.54) is 6.07 Å². The highest BCUT2D eigenvalue weighted by Crippen LogP contribution is 2.35. The smallest absolute Gasteiger partial charge is 0.433 e. The van der Waals surface area contributed by atoms with Gasteiger partial charge in [-0.15, -0.1) is 0 Å². The molecule has 3 heterocycles. The summed E-state index contributed by atoms with van der Waals surface area (Å²) in [5, 5.41) is 0. The zero-order valence-electron chi connectivity index (χ0n) is 16.5. The van der Waals surface area contributed by atoms with Crippen LogP contribution in [-0.4, -0.2) is 47.1 Å². The van der Waals surface area contributed by atoms with Crippen molar-refractivity contribution in [2.24, 2.45) is 5.92 Å². The molecule has 2 unspecified atom stereocenters. The minimum absolute atomic E-state index is 0.0218. The molecule has 1 amide bonds. The SMILES string of the molecule is O=C(c1ccnc(C(F)(F)F)c1)C1CC2COCC(C1)N2C(=O)OCc1ccccc1. The number of halogens is 3. The van der Waals surface area contributed by atoms with Crippen molar-refractivity contribution in [2.45, 2.75) is 37.7 Å². The highest BCUT2D eigenvalue weighted by Gasteiger charge is 2.45. The fourth-order valence-electron chi connectivity index (χ4n) is 4.20. The Morgan fingerprint density at radius 2 is 1.77 bits per heavy atom. The number of alkyl halides is 3. The molecule has 0 spiro atoms. The van der Waals surface area contributed by atoms with Gasteiger partial charge in [-0.3, -0.25) is 14.7 Å². The number of rotatable bonds is 4. The minimum atomic E-state index is -4.62. The van der Waals surface area contributed by atoms with Crippen molar-refractivity contribution in [1.29, 1.82) is 0 Å². The fourth-order valence-corrected chi connectivity index (χ4v) is 4.20. The Morgan fingerprint density at radius 3 is 2.42 bits per heavy atom. The largest absolute Gasteiger partial charge is 0.445 e. The van der Waals surface area contributed by atoms with Gasteiger partial charge in [0.25, 0.3) is 0 Å². The molecular formula is C22H21F3N2O4. The summed E-state index contributed by atoms with van der Waals surface area (Å²) in [7, 11) is 0. The lowest BCUT2D eigenvalue weighted by Crippen LogP contribution is -2.59. The van der Waals surface area contributed by atoms with Gasteiger partial charge >= 0.3 is 12.3 Å². The minimum Gasteiger partial charge on any atom is -0.445 e. The van der Waals surface area contributed by atoms with Crippen molar-refractivity contribution in [3.8, 4) is 0 Å². The Bertz CT molecular complexity index is 937. The number of hydrogen-bond donors (Lipinski definition) is 0. The van der Waals surface area contributed by atoms with Gasteiger partial charge in [-0.1, -0.05) is 30.3 Å². The van der Waals surface area contributed by atoms with Crippen molar-refractivity contribution in [3.05, 3.63) is 65.5 Å². The Kier molecular flexibility index (Phi) is 5.95. The number of piperidine rings is 1. The summed E-state index contributed by atoms with van der Waals surface area (Å²) >= 11 is 0. The second kappa shape index (κ2) is 8.66. The van der Waals surface area contributed by atoms with Gasteiger partial charge in [-0.05, 0) is 30.5 Å². The molecule has 2 bridgehead atoms. The van der Waals surface area contributed by atoms with Crippen molar-refractivity contribution >= 4 is 11.9 Å². The average Bonchev–Trinajstić information content (AvgIpc) is 2.76. The number of carbonyl (C=O) groups is 2. The highest BCUT2D eigenvalue weighted by atomic mass is 19.4. The molecule has 2 aliphatic rings. The fraction of sp³-hybridized carbons (Fsp3) is 0.409. The molecule has 164 valence electrons. The number of benzene rings is 1. The first-order chi connectivity index (χ1) is 14.8. The first-order valence-electron chi connectivity index (χ1n) is 9.97. The molecule has 31 heavy (non-hydrogen) atoms. The van der Waals surface area contributed by atoms with Gasteiger partial charge < -0.3 is 9.47 Å². The van der Waals surface area contributed by atoms with Crippen LogP contribution in [0.4, 0.5) is 18.0 Å². The Hall–Kier alpha value is -2.94. The first kappa shape index (κ1) is 21.3. The normalized spacial score (nSPS) is 23.3. The number of amides is 1. The van der Waals surface area contributed by atoms with Crippen LogP contribution in [0, 0.1) is 5.92 Å². The molecule has 9 heteroatoms. The molecule has 0 saturated carbocycles. The predicted molar refractivity (Wildman–Crippen MR) is 103 cm³/mol. The summed E-state index contributed by atoms with van der Waals surface area (Å²) in [6, 6.07) is 10.6. The number of morpholine rings is 1. The second-order valence-electron chi connectivity index (χ2n) is 7.75. The quantitative estimate of drug-likeness (QED) is 0.678. The maximum Gasteiger partial charge on any atom is 0.433 e. The van der Waals surface area contributed by atoms with E-state index in [1.807, 2.05) is 30.3 Å². The monoisotopic (exact) mass is 434 g/mol. The number of hydrogen-bond acceptors (Lipinski definition) is 5. The lowest BCUT2D eigenvalue weighted by atomic mass is 9.81. The van der Waals surface area contributed by atoms with Crippen LogP contribution in [0.25, 0.3) is 0 Å². The summed E-state index contributed by atoms with van der Waals surface area (Å²) in [5.74, 6) is -0.873. The van der Waals surface area contributed by atoms with Crippen LogP contribution in [0.1, 0.15) is 34.5 Å². The molecule has 0 aliphatic carbocycles. The van der Waals surface area contributed by atoms with E-state index in [0.717, 1.165) is 17.8 Å². The third-order valence-corrected chi connectivity index (χ3v) is 5.64. The van der Waals surface area contributed by atoms with E-state index in [-0.39, 0.29) is 43.3 Å². The van der Waals surface area contributed by atoms with Crippen LogP contribution in [0.2, 0.25) is 0 Å². The third-order valence-electron chi connectivity index (χ3n) is 5.64. The van der Waals surface area contributed by atoms with E-state index in [0.29, 0.717) is 12.8 Å². The van der Waals surface area contributed by atoms with Crippen molar-refractivity contribution in [1.82, 2.24) is 9.88 Å². The maximum atomic E-state index is 12.9. The van der Waals surface area contributed by atoms with Crippen LogP contribution in [-0.2, 0) is 22.3 Å². The topological polar surface area (TPSA) is 68.7 Å². The van der Waals surface area contributed by atoms with E-state index in [9.17, 15) is 22.8 Å².